The molecule has 1 amide bonds. The summed E-state index contributed by atoms with van der Waals surface area (Å²) in [7, 11) is 0. The summed E-state index contributed by atoms with van der Waals surface area (Å²) in [4.78, 5) is 21.1. The van der Waals surface area contributed by atoms with Crippen LogP contribution in [0.25, 0.3) is 0 Å². The lowest BCUT2D eigenvalue weighted by atomic mass is 9.96. The maximum Gasteiger partial charge on any atom is 0.256 e. The number of aromatic nitrogens is 1. The average Bonchev–Trinajstić information content (AvgIpc) is 2.75. The number of carbonyl (C=O) groups excluding carboxylic acids is 1. The number of amides is 1. The SMILES string of the molecule is O=C(c1cncc(F)c1)N1CCO[C@@H](CN2CCC(O)CC2)[C@@H]1c1ccccc1. The first-order valence-corrected chi connectivity index (χ1v) is 10.1. The van der Waals surface area contributed by atoms with Gasteiger partial charge in [0.25, 0.3) is 5.91 Å². The number of nitrogens with zero attached hydrogens (tertiary/aromatic N) is 3. The van der Waals surface area contributed by atoms with Gasteiger partial charge in [-0.25, -0.2) is 4.39 Å². The van der Waals surface area contributed by atoms with Crippen molar-refractivity contribution in [2.24, 2.45) is 0 Å². The molecule has 154 valence electrons. The predicted octanol–water partition coefficient (Wildman–Crippen LogP) is 2.26. The molecule has 29 heavy (non-hydrogen) atoms. The van der Waals surface area contributed by atoms with Gasteiger partial charge >= 0.3 is 0 Å². The number of rotatable bonds is 4. The zero-order chi connectivity index (χ0) is 20.2. The molecule has 2 saturated heterocycles. The predicted molar refractivity (Wildman–Crippen MR) is 106 cm³/mol. The second kappa shape index (κ2) is 8.98. The smallest absolute Gasteiger partial charge is 0.256 e. The van der Waals surface area contributed by atoms with Gasteiger partial charge in [0, 0.05) is 32.4 Å². The number of pyridine rings is 1. The van der Waals surface area contributed by atoms with E-state index in [1.807, 2.05) is 30.3 Å². The molecule has 2 atom stereocenters. The van der Waals surface area contributed by atoms with E-state index < -0.39 is 5.82 Å². The van der Waals surface area contributed by atoms with Crippen molar-refractivity contribution in [3.63, 3.8) is 0 Å². The third-order valence-electron chi connectivity index (χ3n) is 5.70. The van der Waals surface area contributed by atoms with Crippen molar-refractivity contribution in [2.75, 3.05) is 32.8 Å². The topological polar surface area (TPSA) is 65.9 Å². The molecular formula is C22H26FN3O3. The van der Waals surface area contributed by atoms with E-state index in [0.29, 0.717) is 19.7 Å². The Bertz CT molecular complexity index is 827. The van der Waals surface area contributed by atoms with E-state index in [2.05, 4.69) is 9.88 Å². The highest BCUT2D eigenvalue weighted by Gasteiger charge is 2.38. The number of aliphatic hydroxyl groups excluding tert-OH is 1. The number of benzene rings is 1. The van der Waals surface area contributed by atoms with Crippen molar-refractivity contribution in [1.29, 1.82) is 0 Å². The van der Waals surface area contributed by atoms with Crippen LogP contribution in [0.5, 0.6) is 0 Å². The fourth-order valence-electron chi connectivity index (χ4n) is 4.21. The molecule has 6 nitrogen and oxygen atoms in total. The molecule has 1 N–H and O–H groups in total. The normalized spacial score (nSPS) is 23.9. The Labute approximate surface area is 169 Å². The summed E-state index contributed by atoms with van der Waals surface area (Å²) in [6, 6.07) is 10.8. The van der Waals surface area contributed by atoms with Gasteiger partial charge in [-0.05, 0) is 24.5 Å². The average molecular weight is 399 g/mol. The summed E-state index contributed by atoms with van der Waals surface area (Å²) in [5.74, 6) is -0.767. The van der Waals surface area contributed by atoms with Gasteiger partial charge in [-0.15, -0.1) is 0 Å². The van der Waals surface area contributed by atoms with Crippen LogP contribution in [-0.4, -0.2) is 70.8 Å². The van der Waals surface area contributed by atoms with Crippen LogP contribution in [-0.2, 0) is 4.74 Å². The Balaban J connectivity index is 1.60. The largest absolute Gasteiger partial charge is 0.393 e. The number of ether oxygens (including phenoxy) is 1. The molecule has 0 spiro atoms. The van der Waals surface area contributed by atoms with Crippen molar-refractivity contribution < 1.29 is 19.0 Å². The molecular weight excluding hydrogens is 373 g/mol. The van der Waals surface area contributed by atoms with Gasteiger partial charge in [-0.3, -0.25) is 9.78 Å². The van der Waals surface area contributed by atoms with E-state index in [0.717, 1.165) is 37.7 Å². The Morgan fingerprint density at radius 2 is 1.93 bits per heavy atom. The molecule has 2 aromatic rings. The monoisotopic (exact) mass is 399 g/mol. The molecule has 1 aromatic carbocycles. The van der Waals surface area contributed by atoms with Crippen LogP contribution in [0.3, 0.4) is 0 Å². The third-order valence-corrected chi connectivity index (χ3v) is 5.70. The van der Waals surface area contributed by atoms with Crippen LogP contribution in [0.4, 0.5) is 4.39 Å². The first-order chi connectivity index (χ1) is 14.1. The van der Waals surface area contributed by atoms with E-state index in [9.17, 15) is 14.3 Å². The lowest BCUT2D eigenvalue weighted by Crippen LogP contribution is -2.52. The third kappa shape index (κ3) is 4.63. The molecule has 0 saturated carbocycles. The Morgan fingerprint density at radius 3 is 2.66 bits per heavy atom. The van der Waals surface area contributed by atoms with Gasteiger partial charge in [0.1, 0.15) is 5.82 Å². The van der Waals surface area contributed by atoms with Crippen LogP contribution < -0.4 is 0 Å². The minimum Gasteiger partial charge on any atom is -0.393 e. The minimum atomic E-state index is -0.524. The lowest BCUT2D eigenvalue weighted by Gasteiger charge is -2.44. The van der Waals surface area contributed by atoms with Crippen molar-refractivity contribution >= 4 is 5.91 Å². The number of likely N-dealkylation sites (tertiary alicyclic amines) is 1. The standard InChI is InChI=1S/C22H26FN3O3/c23-18-12-17(13-24-14-18)22(28)26-10-11-29-20(15-25-8-6-19(27)7-9-25)21(26)16-4-2-1-3-5-16/h1-5,12-14,19-21,27H,6-11,15H2/t20-,21-/m0/s1. The van der Waals surface area contributed by atoms with E-state index >= 15 is 0 Å². The molecule has 2 aliphatic heterocycles. The van der Waals surface area contributed by atoms with Gasteiger partial charge in [0.15, 0.2) is 0 Å². The van der Waals surface area contributed by atoms with Gasteiger partial charge < -0.3 is 19.6 Å². The number of hydrogen-bond donors (Lipinski definition) is 1. The molecule has 0 bridgehead atoms. The van der Waals surface area contributed by atoms with Crippen LogP contribution in [0.1, 0.15) is 34.8 Å². The summed E-state index contributed by atoms with van der Waals surface area (Å²) in [6.45, 7) is 3.16. The van der Waals surface area contributed by atoms with E-state index in [-0.39, 0.29) is 29.7 Å². The summed E-state index contributed by atoms with van der Waals surface area (Å²) < 4.78 is 19.8. The molecule has 0 radical (unpaired) electrons. The molecule has 1 aromatic heterocycles. The first kappa shape index (κ1) is 19.9. The summed E-state index contributed by atoms with van der Waals surface area (Å²) >= 11 is 0. The van der Waals surface area contributed by atoms with Crippen LogP contribution >= 0.6 is 0 Å². The Morgan fingerprint density at radius 1 is 1.17 bits per heavy atom. The second-order valence-electron chi connectivity index (χ2n) is 7.69. The number of piperidine rings is 1. The molecule has 0 unspecified atom stereocenters. The highest BCUT2D eigenvalue weighted by Crippen LogP contribution is 2.32. The number of morpholine rings is 1. The molecule has 7 heteroatoms. The van der Waals surface area contributed by atoms with Crippen molar-refractivity contribution in [2.45, 2.75) is 31.1 Å². The molecule has 0 aliphatic carbocycles. The fourth-order valence-corrected chi connectivity index (χ4v) is 4.21. The summed E-state index contributed by atoms with van der Waals surface area (Å²) in [5, 5.41) is 9.78. The van der Waals surface area contributed by atoms with Crippen molar-refractivity contribution in [3.05, 3.63) is 65.7 Å². The lowest BCUT2D eigenvalue weighted by molar-refractivity contribution is -0.0770. The van der Waals surface area contributed by atoms with Gasteiger partial charge in [-0.2, -0.15) is 0 Å². The molecule has 3 heterocycles. The quantitative estimate of drug-likeness (QED) is 0.854. The van der Waals surface area contributed by atoms with E-state index in [1.54, 1.807) is 4.90 Å². The number of aliphatic hydroxyl groups is 1. The summed E-state index contributed by atoms with van der Waals surface area (Å²) in [6.07, 6.45) is 3.57. The van der Waals surface area contributed by atoms with Crippen LogP contribution in [0.2, 0.25) is 0 Å². The maximum absolute atomic E-state index is 13.6. The fraction of sp³-hybridized carbons (Fsp3) is 0.455. The Kier molecular flexibility index (Phi) is 6.18. The highest BCUT2D eigenvalue weighted by atomic mass is 19.1. The molecule has 2 fully saturated rings. The van der Waals surface area contributed by atoms with Crippen LogP contribution in [0, 0.1) is 5.82 Å². The maximum atomic E-state index is 13.6. The van der Waals surface area contributed by atoms with Gasteiger partial charge in [0.05, 0.1) is 36.6 Å². The second-order valence-corrected chi connectivity index (χ2v) is 7.69. The number of carbonyl (C=O) groups is 1. The van der Waals surface area contributed by atoms with Crippen molar-refractivity contribution in [3.8, 4) is 0 Å². The zero-order valence-electron chi connectivity index (χ0n) is 16.3. The van der Waals surface area contributed by atoms with E-state index in [4.69, 9.17) is 4.74 Å². The highest BCUT2D eigenvalue weighted by molar-refractivity contribution is 5.94. The van der Waals surface area contributed by atoms with Gasteiger partial charge in [0.2, 0.25) is 0 Å². The summed E-state index contributed by atoms with van der Waals surface area (Å²) in [5.41, 5.74) is 1.24. The first-order valence-electron chi connectivity index (χ1n) is 10.1. The number of hydrogen-bond acceptors (Lipinski definition) is 5. The van der Waals surface area contributed by atoms with Crippen molar-refractivity contribution in [1.82, 2.24) is 14.8 Å². The number of halogens is 1. The zero-order valence-corrected chi connectivity index (χ0v) is 16.3. The Hall–Kier alpha value is -2.35. The molecule has 4 rings (SSSR count). The molecule has 2 aliphatic rings. The van der Waals surface area contributed by atoms with E-state index in [1.165, 1.54) is 12.3 Å². The van der Waals surface area contributed by atoms with Gasteiger partial charge in [-0.1, -0.05) is 30.3 Å². The minimum absolute atomic E-state index is 0.202. The van der Waals surface area contributed by atoms with Crippen LogP contribution in [0.15, 0.2) is 48.8 Å².